The number of rotatable bonds is 19. The molecule has 1 saturated carbocycles. The van der Waals surface area contributed by atoms with Crippen molar-refractivity contribution in [2.24, 2.45) is 11.8 Å². The number of unbranched alkanes of at least 4 members (excludes halogenated alkanes) is 3. The number of carboxylic acid groups (broad SMARTS) is 1. The summed E-state index contributed by atoms with van der Waals surface area (Å²) in [5.74, 6) is -0.648. The monoisotopic (exact) mass is 672 g/mol. The molecule has 1 aliphatic rings. The zero-order valence-corrected chi connectivity index (χ0v) is 31.1. The molecule has 1 aliphatic carbocycles. The summed E-state index contributed by atoms with van der Waals surface area (Å²) in [7, 11) is -2.75. The molecule has 6 heteroatoms. The number of ether oxygens (including phenoxy) is 1. The van der Waals surface area contributed by atoms with E-state index in [1.807, 2.05) is 0 Å². The Kier molecular flexibility index (Phi) is 16.6. The van der Waals surface area contributed by atoms with Crippen LogP contribution in [0.5, 0.6) is 0 Å². The van der Waals surface area contributed by atoms with Crippen LogP contribution in [0.15, 0.2) is 97.1 Å². The lowest BCUT2D eigenvalue weighted by Crippen LogP contribution is -2.67. The lowest BCUT2D eigenvalue weighted by molar-refractivity contribution is -0.151. The largest absolute Gasteiger partial charge is 0.481 e. The SMILES string of the molecule is CCCCC/C=C\CC(/C=C/C=C/[C@H]1CCCC[C@H]1C(CCCC(=O)O)OC(C)=O)O[Si](c1ccccc1)(c1ccccc1)C(C)(C)C. The fourth-order valence-corrected chi connectivity index (χ4v) is 11.9. The highest BCUT2D eigenvalue weighted by Crippen LogP contribution is 2.39. The first-order valence-electron chi connectivity index (χ1n) is 18.3. The molecule has 0 heterocycles. The van der Waals surface area contributed by atoms with E-state index in [-0.39, 0.29) is 41.5 Å². The van der Waals surface area contributed by atoms with Gasteiger partial charge in [0.1, 0.15) is 6.10 Å². The first-order valence-corrected chi connectivity index (χ1v) is 20.2. The van der Waals surface area contributed by atoms with Gasteiger partial charge in [-0.25, -0.2) is 0 Å². The second-order valence-electron chi connectivity index (χ2n) is 14.3. The Balaban J connectivity index is 1.92. The van der Waals surface area contributed by atoms with Crippen LogP contribution in [-0.4, -0.2) is 37.6 Å². The molecular formula is C42H60O5Si. The van der Waals surface area contributed by atoms with E-state index in [0.717, 1.165) is 38.5 Å². The summed E-state index contributed by atoms with van der Waals surface area (Å²) in [5, 5.41) is 11.6. The third kappa shape index (κ3) is 12.0. The van der Waals surface area contributed by atoms with Crippen molar-refractivity contribution in [2.45, 2.75) is 129 Å². The topological polar surface area (TPSA) is 72.8 Å². The number of hydrogen-bond acceptors (Lipinski definition) is 4. The van der Waals surface area contributed by atoms with Crippen LogP contribution >= 0.6 is 0 Å². The van der Waals surface area contributed by atoms with E-state index >= 15 is 0 Å². The quantitative estimate of drug-likeness (QED) is 0.0529. The van der Waals surface area contributed by atoms with Gasteiger partial charge < -0.3 is 14.3 Å². The second kappa shape index (κ2) is 20.3. The highest BCUT2D eigenvalue weighted by Gasteiger charge is 2.51. The summed E-state index contributed by atoms with van der Waals surface area (Å²) in [6, 6.07) is 21.6. The highest BCUT2D eigenvalue weighted by molar-refractivity contribution is 6.99. The van der Waals surface area contributed by atoms with Crippen LogP contribution in [0.1, 0.15) is 112 Å². The molecule has 3 rings (SSSR count). The summed E-state index contributed by atoms with van der Waals surface area (Å²) >= 11 is 0. The van der Waals surface area contributed by atoms with E-state index in [0.29, 0.717) is 12.8 Å². The van der Waals surface area contributed by atoms with Crippen LogP contribution in [0.4, 0.5) is 0 Å². The third-order valence-corrected chi connectivity index (χ3v) is 14.7. The smallest absolute Gasteiger partial charge is 0.303 e. The summed E-state index contributed by atoms with van der Waals surface area (Å²) in [6.07, 6.45) is 24.0. The van der Waals surface area contributed by atoms with Gasteiger partial charge in [0.05, 0.1) is 6.10 Å². The fraction of sp³-hybridized carbons (Fsp3) is 0.524. The van der Waals surface area contributed by atoms with Crippen molar-refractivity contribution >= 4 is 30.6 Å². The summed E-state index contributed by atoms with van der Waals surface area (Å²) in [6.45, 7) is 10.6. The van der Waals surface area contributed by atoms with Gasteiger partial charge in [-0.15, -0.1) is 0 Å². The van der Waals surface area contributed by atoms with E-state index < -0.39 is 14.3 Å². The normalized spacial score (nSPS) is 18.8. The molecule has 2 unspecified atom stereocenters. The molecule has 2 aromatic carbocycles. The van der Waals surface area contributed by atoms with Gasteiger partial charge in [-0.3, -0.25) is 9.59 Å². The highest BCUT2D eigenvalue weighted by atomic mass is 28.4. The number of carbonyl (C=O) groups is 2. The van der Waals surface area contributed by atoms with Crippen molar-refractivity contribution in [2.75, 3.05) is 0 Å². The number of carboxylic acids is 1. The molecular weight excluding hydrogens is 613 g/mol. The summed E-state index contributed by atoms with van der Waals surface area (Å²) in [4.78, 5) is 23.2. The molecule has 0 saturated heterocycles. The van der Waals surface area contributed by atoms with E-state index in [1.165, 1.54) is 36.6 Å². The number of allylic oxidation sites excluding steroid dienone is 4. The van der Waals surface area contributed by atoms with Crippen LogP contribution < -0.4 is 10.4 Å². The molecule has 262 valence electrons. The lowest BCUT2D eigenvalue weighted by atomic mass is 9.75. The van der Waals surface area contributed by atoms with Gasteiger partial charge in [0, 0.05) is 19.3 Å². The molecule has 0 aliphatic heterocycles. The lowest BCUT2D eigenvalue weighted by Gasteiger charge is -2.44. The molecule has 1 fully saturated rings. The van der Waals surface area contributed by atoms with Crippen molar-refractivity contribution in [3.05, 3.63) is 97.1 Å². The molecule has 48 heavy (non-hydrogen) atoms. The second-order valence-corrected chi connectivity index (χ2v) is 18.6. The van der Waals surface area contributed by atoms with Gasteiger partial charge in [-0.1, -0.05) is 150 Å². The average molecular weight is 673 g/mol. The maximum absolute atomic E-state index is 12.0. The van der Waals surface area contributed by atoms with Crippen molar-refractivity contribution in [3.63, 3.8) is 0 Å². The third-order valence-electron chi connectivity index (χ3n) is 9.60. The van der Waals surface area contributed by atoms with Crippen LogP contribution in [0, 0.1) is 11.8 Å². The first kappa shape index (κ1) is 39.2. The molecule has 0 radical (unpaired) electrons. The Morgan fingerprint density at radius 2 is 1.56 bits per heavy atom. The maximum Gasteiger partial charge on any atom is 0.303 e. The average Bonchev–Trinajstić information content (AvgIpc) is 3.06. The van der Waals surface area contributed by atoms with Gasteiger partial charge in [0.15, 0.2) is 0 Å². The minimum Gasteiger partial charge on any atom is -0.481 e. The van der Waals surface area contributed by atoms with Crippen molar-refractivity contribution < 1.29 is 23.9 Å². The number of hydrogen-bond donors (Lipinski definition) is 1. The maximum atomic E-state index is 12.0. The van der Waals surface area contributed by atoms with Crippen LogP contribution in [-0.2, 0) is 18.8 Å². The minimum atomic E-state index is -2.75. The van der Waals surface area contributed by atoms with Crippen molar-refractivity contribution in [1.29, 1.82) is 0 Å². The van der Waals surface area contributed by atoms with Gasteiger partial charge in [-0.2, -0.15) is 0 Å². The minimum absolute atomic E-state index is 0.0908. The van der Waals surface area contributed by atoms with Gasteiger partial charge in [0.25, 0.3) is 8.32 Å². The van der Waals surface area contributed by atoms with Crippen LogP contribution in [0.3, 0.4) is 0 Å². The Morgan fingerprint density at radius 3 is 2.15 bits per heavy atom. The Bertz CT molecular complexity index is 1270. The number of carbonyl (C=O) groups excluding carboxylic acids is 1. The number of benzene rings is 2. The van der Waals surface area contributed by atoms with Crippen LogP contribution in [0.25, 0.3) is 0 Å². The Labute approximate surface area is 291 Å². The molecule has 5 nitrogen and oxygen atoms in total. The Morgan fingerprint density at radius 1 is 0.917 bits per heavy atom. The van der Waals surface area contributed by atoms with E-state index in [9.17, 15) is 9.59 Å². The van der Waals surface area contributed by atoms with E-state index in [1.54, 1.807) is 0 Å². The predicted molar refractivity (Wildman–Crippen MR) is 201 cm³/mol. The standard InChI is InChI=1S/C42H60O5Si/c1-6-7-8-9-10-13-25-36(47-48(42(3,4)5,37-27-14-11-15-28-37)38-29-16-12-17-30-38)26-20-18-23-35-24-19-21-31-39(35)40(46-34(2)43)32-22-33-41(44)45/h10-18,20,23,26-30,35-36,39-40H,6-9,19,21-22,24-25,31-33H2,1-5H3,(H,44,45)/b13-10-,23-18+,26-20+/t35-,36?,39+,40?/m0/s1. The molecule has 2 aromatic rings. The number of aliphatic carboxylic acids is 1. The van der Waals surface area contributed by atoms with Gasteiger partial charge >= 0.3 is 11.9 Å². The van der Waals surface area contributed by atoms with E-state index in [2.05, 4.69) is 125 Å². The zero-order chi connectivity index (χ0) is 34.8. The molecule has 4 atom stereocenters. The first-order chi connectivity index (χ1) is 23.1. The Hall–Kier alpha value is -3.22. The van der Waals surface area contributed by atoms with Crippen LogP contribution in [0.2, 0.25) is 5.04 Å². The molecule has 1 N–H and O–H groups in total. The predicted octanol–water partition coefficient (Wildman–Crippen LogP) is 9.56. The van der Waals surface area contributed by atoms with Gasteiger partial charge in [0.2, 0.25) is 0 Å². The van der Waals surface area contributed by atoms with E-state index in [4.69, 9.17) is 14.3 Å². The van der Waals surface area contributed by atoms with Crippen molar-refractivity contribution in [1.82, 2.24) is 0 Å². The number of esters is 1. The van der Waals surface area contributed by atoms with Gasteiger partial charge in [-0.05, 0) is 66.3 Å². The summed E-state index contributed by atoms with van der Waals surface area (Å²) in [5.41, 5.74) is 0. The zero-order valence-electron chi connectivity index (χ0n) is 30.1. The molecule has 0 amide bonds. The summed E-state index contributed by atoms with van der Waals surface area (Å²) < 4.78 is 13.3. The molecule has 0 aromatic heterocycles. The molecule has 0 spiro atoms. The fourth-order valence-electron chi connectivity index (χ4n) is 7.26. The van der Waals surface area contributed by atoms with Crippen molar-refractivity contribution in [3.8, 4) is 0 Å². The molecule has 0 bridgehead atoms.